The van der Waals surface area contributed by atoms with Crippen molar-refractivity contribution in [3.63, 3.8) is 0 Å². The summed E-state index contributed by atoms with van der Waals surface area (Å²) in [4.78, 5) is 2.51. The van der Waals surface area contributed by atoms with E-state index < -0.39 is 0 Å². The lowest BCUT2D eigenvalue weighted by Gasteiger charge is -2.13. The number of hydrogen-bond acceptors (Lipinski definition) is 1. The third-order valence-electron chi connectivity index (χ3n) is 2.60. The minimum absolute atomic E-state index is 1.19. The Bertz CT molecular complexity index is 237. The molecule has 1 heterocycles. The second-order valence-corrected chi connectivity index (χ2v) is 3.61. The minimum atomic E-state index is 1.19. The summed E-state index contributed by atoms with van der Waals surface area (Å²) in [6.45, 7) is 3.65. The van der Waals surface area contributed by atoms with Crippen LogP contribution in [-0.2, 0) is 6.42 Å². The molecule has 2 rings (SSSR count). The largest absolute Gasteiger partial charge is 0.303 e. The fraction of sp³-hybridized carbons (Fsp3) is 0.417. The van der Waals surface area contributed by atoms with E-state index in [-0.39, 0.29) is 0 Å². The first-order chi connectivity index (χ1) is 6.45. The molecule has 1 nitrogen and oxygen atoms in total. The summed E-state index contributed by atoms with van der Waals surface area (Å²) in [6.07, 6.45) is 4.83. The molecule has 1 saturated heterocycles. The third kappa shape index (κ3) is 2.56. The molecule has 0 spiro atoms. The predicted octanol–water partition coefficient (Wildman–Crippen LogP) is 2.14. The maximum atomic E-state index is 2.51. The van der Waals surface area contributed by atoms with Crippen LogP contribution in [0.5, 0.6) is 0 Å². The Hall–Kier alpha value is -0.820. The van der Waals surface area contributed by atoms with Crippen molar-refractivity contribution in [1.82, 2.24) is 4.90 Å². The lowest BCUT2D eigenvalue weighted by Crippen LogP contribution is -2.21. The second kappa shape index (κ2) is 4.43. The highest BCUT2D eigenvalue weighted by Gasteiger charge is 2.10. The van der Waals surface area contributed by atoms with Crippen LogP contribution in [0.4, 0.5) is 0 Å². The molecule has 1 aliphatic rings. The molecule has 13 heavy (non-hydrogen) atoms. The lowest BCUT2D eigenvalue weighted by atomic mass is 10.1. The van der Waals surface area contributed by atoms with Gasteiger partial charge in [-0.3, -0.25) is 0 Å². The lowest BCUT2D eigenvalue weighted by molar-refractivity contribution is 0.349. The number of likely N-dealkylation sites (tertiary alicyclic amines) is 1. The molecular formula is C12H16N. The Morgan fingerprint density at radius 1 is 1.15 bits per heavy atom. The Morgan fingerprint density at radius 3 is 2.69 bits per heavy atom. The van der Waals surface area contributed by atoms with E-state index in [0.29, 0.717) is 0 Å². The Labute approximate surface area is 80.4 Å². The van der Waals surface area contributed by atoms with Crippen molar-refractivity contribution in [2.24, 2.45) is 0 Å². The van der Waals surface area contributed by atoms with Crippen molar-refractivity contribution in [3.05, 3.63) is 42.3 Å². The van der Waals surface area contributed by atoms with Crippen LogP contribution in [0, 0.1) is 6.42 Å². The third-order valence-corrected chi connectivity index (χ3v) is 2.60. The van der Waals surface area contributed by atoms with Gasteiger partial charge in [-0.1, -0.05) is 30.3 Å². The summed E-state index contributed by atoms with van der Waals surface area (Å²) in [5, 5.41) is 0. The molecule has 1 aliphatic heterocycles. The van der Waals surface area contributed by atoms with Gasteiger partial charge in [0, 0.05) is 13.1 Å². The van der Waals surface area contributed by atoms with Gasteiger partial charge in [-0.2, -0.15) is 0 Å². The molecule has 1 heteroatoms. The van der Waals surface area contributed by atoms with E-state index >= 15 is 0 Å². The van der Waals surface area contributed by atoms with Gasteiger partial charge in [0.1, 0.15) is 0 Å². The fourth-order valence-corrected chi connectivity index (χ4v) is 1.77. The van der Waals surface area contributed by atoms with Crippen LogP contribution in [0.2, 0.25) is 0 Å². The van der Waals surface area contributed by atoms with Gasteiger partial charge in [0.15, 0.2) is 0 Å². The molecule has 0 amide bonds. The first kappa shape index (κ1) is 8.76. The zero-order chi connectivity index (χ0) is 8.93. The van der Waals surface area contributed by atoms with E-state index in [1.165, 1.54) is 38.0 Å². The zero-order valence-corrected chi connectivity index (χ0v) is 7.95. The van der Waals surface area contributed by atoms with E-state index in [9.17, 15) is 0 Å². The number of rotatable bonds is 3. The van der Waals surface area contributed by atoms with Gasteiger partial charge in [-0.05, 0) is 31.4 Å². The molecule has 0 saturated carbocycles. The van der Waals surface area contributed by atoms with Crippen LogP contribution in [0.25, 0.3) is 0 Å². The van der Waals surface area contributed by atoms with Gasteiger partial charge in [-0.25, -0.2) is 0 Å². The highest BCUT2D eigenvalue weighted by atomic mass is 15.1. The molecule has 1 aromatic carbocycles. The molecule has 0 atom stereocenters. The highest BCUT2D eigenvalue weighted by molar-refractivity contribution is 5.14. The smallest absolute Gasteiger partial charge is 0.00219 e. The van der Waals surface area contributed by atoms with Gasteiger partial charge < -0.3 is 4.90 Å². The van der Waals surface area contributed by atoms with Gasteiger partial charge in [0.2, 0.25) is 0 Å². The summed E-state index contributed by atoms with van der Waals surface area (Å²) in [5.41, 5.74) is 1.45. The summed E-state index contributed by atoms with van der Waals surface area (Å²) in [6, 6.07) is 10.7. The molecule has 1 fully saturated rings. The van der Waals surface area contributed by atoms with E-state index in [1.54, 1.807) is 0 Å². The van der Waals surface area contributed by atoms with Crippen LogP contribution < -0.4 is 0 Å². The number of hydrogen-bond donors (Lipinski definition) is 0. The molecule has 0 N–H and O–H groups in total. The van der Waals surface area contributed by atoms with E-state index in [4.69, 9.17) is 0 Å². The van der Waals surface area contributed by atoms with Crippen LogP contribution >= 0.6 is 0 Å². The molecule has 0 bridgehead atoms. The summed E-state index contributed by atoms with van der Waals surface area (Å²) >= 11 is 0. The van der Waals surface area contributed by atoms with E-state index in [2.05, 4.69) is 41.7 Å². The number of nitrogens with zero attached hydrogens (tertiary/aromatic N) is 1. The second-order valence-electron chi connectivity index (χ2n) is 3.61. The van der Waals surface area contributed by atoms with Gasteiger partial charge in [0.25, 0.3) is 0 Å². The topological polar surface area (TPSA) is 3.24 Å². The van der Waals surface area contributed by atoms with Crippen LogP contribution in [0.3, 0.4) is 0 Å². The number of benzene rings is 1. The Kier molecular flexibility index (Phi) is 2.98. The molecular weight excluding hydrogens is 158 g/mol. The van der Waals surface area contributed by atoms with Crippen molar-refractivity contribution in [2.45, 2.75) is 12.8 Å². The summed E-state index contributed by atoms with van der Waals surface area (Å²) in [5.74, 6) is 0. The Balaban J connectivity index is 1.79. The minimum Gasteiger partial charge on any atom is -0.303 e. The SMILES string of the molecule is [CH]1CCN(CCc2ccccc2)C1. The van der Waals surface area contributed by atoms with Crippen molar-refractivity contribution in [2.75, 3.05) is 19.6 Å². The van der Waals surface area contributed by atoms with Crippen molar-refractivity contribution < 1.29 is 0 Å². The van der Waals surface area contributed by atoms with E-state index in [0.717, 1.165) is 0 Å². The monoisotopic (exact) mass is 174 g/mol. The van der Waals surface area contributed by atoms with Crippen molar-refractivity contribution in [1.29, 1.82) is 0 Å². The summed E-state index contributed by atoms with van der Waals surface area (Å²) in [7, 11) is 0. The van der Waals surface area contributed by atoms with Crippen molar-refractivity contribution in [3.8, 4) is 0 Å². The van der Waals surface area contributed by atoms with Crippen LogP contribution in [0.15, 0.2) is 30.3 Å². The standard InChI is InChI=1S/C12H16N/c1-2-6-12(7-3-1)8-11-13-9-4-5-10-13/h1-4,6-7H,5,8-11H2. The molecule has 0 aromatic heterocycles. The molecule has 0 aliphatic carbocycles. The predicted molar refractivity (Wildman–Crippen MR) is 55.5 cm³/mol. The van der Waals surface area contributed by atoms with E-state index in [1.807, 2.05) is 0 Å². The van der Waals surface area contributed by atoms with Crippen LogP contribution in [0.1, 0.15) is 12.0 Å². The van der Waals surface area contributed by atoms with Crippen LogP contribution in [-0.4, -0.2) is 24.5 Å². The zero-order valence-electron chi connectivity index (χ0n) is 7.95. The normalized spacial score (nSPS) is 17.8. The average molecular weight is 174 g/mol. The van der Waals surface area contributed by atoms with Gasteiger partial charge in [0.05, 0.1) is 0 Å². The van der Waals surface area contributed by atoms with Gasteiger partial charge >= 0.3 is 0 Å². The molecule has 1 radical (unpaired) electrons. The maximum Gasteiger partial charge on any atom is 0.00219 e. The molecule has 1 aromatic rings. The molecule has 0 unspecified atom stereocenters. The highest BCUT2D eigenvalue weighted by Crippen LogP contribution is 2.08. The first-order valence-corrected chi connectivity index (χ1v) is 5.03. The quantitative estimate of drug-likeness (QED) is 0.678. The average Bonchev–Trinajstić information content (AvgIpc) is 2.69. The fourth-order valence-electron chi connectivity index (χ4n) is 1.77. The van der Waals surface area contributed by atoms with Crippen molar-refractivity contribution >= 4 is 0 Å². The van der Waals surface area contributed by atoms with Gasteiger partial charge in [-0.15, -0.1) is 0 Å². The Morgan fingerprint density at radius 2 is 2.00 bits per heavy atom. The summed E-state index contributed by atoms with van der Waals surface area (Å²) < 4.78 is 0. The molecule has 69 valence electrons. The maximum absolute atomic E-state index is 2.51. The first-order valence-electron chi connectivity index (χ1n) is 5.03.